The lowest BCUT2D eigenvalue weighted by Gasteiger charge is -2.32. The third kappa shape index (κ3) is 3.66. The van der Waals surface area contributed by atoms with E-state index in [1.165, 1.54) is 25.7 Å². The highest BCUT2D eigenvalue weighted by Crippen LogP contribution is 2.39. The van der Waals surface area contributed by atoms with Crippen LogP contribution in [0.5, 0.6) is 5.88 Å². The van der Waals surface area contributed by atoms with Gasteiger partial charge in [-0.2, -0.15) is 0 Å². The quantitative estimate of drug-likeness (QED) is 0.887. The molecule has 2 rings (SSSR count). The van der Waals surface area contributed by atoms with Crippen LogP contribution in [0.25, 0.3) is 0 Å². The van der Waals surface area contributed by atoms with Crippen molar-refractivity contribution < 1.29 is 4.74 Å². The van der Waals surface area contributed by atoms with Crippen LogP contribution in [0, 0.1) is 5.92 Å². The molecule has 1 fully saturated rings. The Morgan fingerprint density at radius 1 is 1.26 bits per heavy atom. The molecule has 0 amide bonds. The fourth-order valence-electron chi connectivity index (χ4n) is 2.95. The van der Waals surface area contributed by atoms with Crippen molar-refractivity contribution in [3.8, 4) is 5.88 Å². The van der Waals surface area contributed by atoms with Gasteiger partial charge in [-0.1, -0.05) is 26.7 Å². The van der Waals surface area contributed by atoms with Crippen LogP contribution in [-0.4, -0.2) is 29.7 Å². The average molecular weight is 263 g/mol. The molecule has 19 heavy (non-hydrogen) atoms. The lowest BCUT2D eigenvalue weighted by Crippen LogP contribution is -2.33. The van der Waals surface area contributed by atoms with Gasteiger partial charge in [0.1, 0.15) is 5.69 Å². The van der Waals surface area contributed by atoms with Gasteiger partial charge in [-0.3, -0.25) is 4.98 Å². The van der Waals surface area contributed by atoms with Crippen molar-refractivity contribution in [2.24, 2.45) is 5.92 Å². The normalized spacial score (nSPS) is 23.6. The molecule has 0 aromatic carbocycles. The Morgan fingerprint density at radius 2 is 2.00 bits per heavy atom. The summed E-state index contributed by atoms with van der Waals surface area (Å²) in [5.74, 6) is 1.81. The highest BCUT2D eigenvalue weighted by molar-refractivity contribution is 5.23. The van der Waals surface area contributed by atoms with Gasteiger partial charge in [0.25, 0.3) is 0 Å². The Labute approximate surface area is 116 Å². The molecule has 2 unspecified atom stereocenters. The first-order valence-electron chi connectivity index (χ1n) is 7.30. The molecule has 4 nitrogen and oxygen atoms in total. The van der Waals surface area contributed by atoms with E-state index in [4.69, 9.17) is 4.74 Å². The van der Waals surface area contributed by atoms with E-state index in [9.17, 15) is 0 Å². The standard InChI is InChI=1S/C15H25N3O/c1-11(2)18-10-12-6-4-5-7-13(12)14-15(19-3)17-9-8-16-14/h8-9,11-13,18H,4-7,10H2,1-3H3. The van der Waals surface area contributed by atoms with Crippen LogP contribution in [0.1, 0.15) is 51.1 Å². The zero-order chi connectivity index (χ0) is 13.7. The molecule has 0 aliphatic heterocycles. The van der Waals surface area contributed by atoms with Crippen molar-refractivity contribution in [3.63, 3.8) is 0 Å². The number of methoxy groups -OCH3 is 1. The van der Waals surface area contributed by atoms with Gasteiger partial charge >= 0.3 is 0 Å². The van der Waals surface area contributed by atoms with Gasteiger partial charge in [0.15, 0.2) is 0 Å². The minimum Gasteiger partial charge on any atom is -0.480 e. The molecule has 1 heterocycles. The van der Waals surface area contributed by atoms with Gasteiger partial charge in [-0.05, 0) is 25.3 Å². The van der Waals surface area contributed by atoms with Crippen LogP contribution in [0.3, 0.4) is 0 Å². The maximum atomic E-state index is 5.38. The second-order valence-electron chi connectivity index (χ2n) is 5.66. The van der Waals surface area contributed by atoms with Crippen LogP contribution in [0.4, 0.5) is 0 Å². The number of nitrogens with zero attached hydrogens (tertiary/aromatic N) is 2. The van der Waals surface area contributed by atoms with Gasteiger partial charge in [0, 0.05) is 24.4 Å². The first kappa shape index (κ1) is 14.3. The summed E-state index contributed by atoms with van der Waals surface area (Å²) in [6, 6.07) is 0.534. The van der Waals surface area contributed by atoms with Crippen molar-refractivity contribution in [2.45, 2.75) is 51.5 Å². The highest BCUT2D eigenvalue weighted by atomic mass is 16.5. The van der Waals surface area contributed by atoms with Gasteiger partial charge in [0.2, 0.25) is 5.88 Å². The molecule has 0 radical (unpaired) electrons. The number of ether oxygens (including phenoxy) is 1. The van der Waals surface area contributed by atoms with E-state index < -0.39 is 0 Å². The first-order valence-corrected chi connectivity index (χ1v) is 7.30. The summed E-state index contributed by atoms with van der Waals surface area (Å²) in [5, 5.41) is 3.56. The molecule has 1 aliphatic carbocycles. The Kier molecular flexibility index (Phi) is 5.14. The lowest BCUT2D eigenvalue weighted by molar-refractivity contribution is 0.275. The van der Waals surface area contributed by atoms with Crippen molar-refractivity contribution >= 4 is 0 Å². The minimum absolute atomic E-state index is 0.476. The third-order valence-electron chi connectivity index (χ3n) is 3.93. The smallest absolute Gasteiger partial charge is 0.235 e. The molecule has 0 bridgehead atoms. The summed E-state index contributed by atoms with van der Waals surface area (Å²) in [6.45, 7) is 5.45. The Morgan fingerprint density at radius 3 is 2.74 bits per heavy atom. The molecule has 4 heteroatoms. The predicted octanol–water partition coefficient (Wildman–Crippen LogP) is 2.76. The molecule has 1 N–H and O–H groups in total. The van der Waals surface area contributed by atoms with Gasteiger partial charge in [-0.15, -0.1) is 0 Å². The molecular weight excluding hydrogens is 238 g/mol. The number of hydrogen-bond acceptors (Lipinski definition) is 4. The molecule has 1 aliphatic rings. The topological polar surface area (TPSA) is 47.0 Å². The second-order valence-corrected chi connectivity index (χ2v) is 5.66. The fraction of sp³-hybridized carbons (Fsp3) is 0.733. The zero-order valence-corrected chi connectivity index (χ0v) is 12.2. The third-order valence-corrected chi connectivity index (χ3v) is 3.93. The summed E-state index contributed by atoms with van der Waals surface area (Å²) in [4.78, 5) is 8.83. The lowest BCUT2D eigenvalue weighted by atomic mass is 9.77. The number of aromatic nitrogens is 2. The highest BCUT2D eigenvalue weighted by Gasteiger charge is 2.30. The van der Waals surface area contributed by atoms with Crippen LogP contribution >= 0.6 is 0 Å². The molecular formula is C15H25N3O. The monoisotopic (exact) mass is 263 g/mol. The van der Waals surface area contributed by atoms with Crippen molar-refractivity contribution in [1.29, 1.82) is 0 Å². The van der Waals surface area contributed by atoms with Gasteiger partial charge in [-0.25, -0.2) is 4.98 Å². The number of hydrogen-bond donors (Lipinski definition) is 1. The number of rotatable bonds is 5. The molecule has 106 valence electrons. The molecule has 1 aromatic rings. The minimum atomic E-state index is 0.476. The molecule has 0 spiro atoms. The van der Waals surface area contributed by atoms with E-state index in [1.54, 1.807) is 19.5 Å². The second kappa shape index (κ2) is 6.85. The van der Waals surface area contributed by atoms with E-state index in [0.29, 0.717) is 23.8 Å². The van der Waals surface area contributed by atoms with Crippen molar-refractivity contribution in [3.05, 3.63) is 18.1 Å². The van der Waals surface area contributed by atoms with E-state index >= 15 is 0 Å². The average Bonchev–Trinajstić information content (AvgIpc) is 2.45. The van der Waals surface area contributed by atoms with Crippen LogP contribution in [0.2, 0.25) is 0 Å². The van der Waals surface area contributed by atoms with Crippen molar-refractivity contribution in [1.82, 2.24) is 15.3 Å². The van der Waals surface area contributed by atoms with E-state index in [1.807, 2.05) is 0 Å². The van der Waals surface area contributed by atoms with E-state index in [0.717, 1.165) is 12.2 Å². The van der Waals surface area contributed by atoms with Gasteiger partial charge in [0.05, 0.1) is 7.11 Å². The summed E-state index contributed by atoms with van der Waals surface area (Å²) in [7, 11) is 1.68. The fourth-order valence-corrected chi connectivity index (χ4v) is 2.95. The Bertz CT molecular complexity index is 395. The van der Waals surface area contributed by atoms with Gasteiger partial charge < -0.3 is 10.1 Å². The molecule has 0 saturated heterocycles. The maximum Gasteiger partial charge on any atom is 0.235 e. The largest absolute Gasteiger partial charge is 0.480 e. The van der Waals surface area contributed by atoms with Crippen LogP contribution < -0.4 is 10.1 Å². The van der Waals surface area contributed by atoms with E-state index in [-0.39, 0.29) is 0 Å². The SMILES string of the molecule is COc1nccnc1C1CCCCC1CNC(C)C. The molecule has 2 atom stereocenters. The first-order chi connectivity index (χ1) is 9.22. The maximum absolute atomic E-state index is 5.38. The Hall–Kier alpha value is -1.16. The molecule has 1 saturated carbocycles. The summed E-state index contributed by atoms with van der Waals surface area (Å²) < 4.78 is 5.38. The summed E-state index contributed by atoms with van der Waals surface area (Å²) in [5.41, 5.74) is 1.04. The zero-order valence-electron chi connectivity index (χ0n) is 12.2. The predicted molar refractivity (Wildman–Crippen MR) is 76.4 cm³/mol. The van der Waals surface area contributed by atoms with Crippen LogP contribution in [0.15, 0.2) is 12.4 Å². The van der Waals surface area contributed by atoms with Crippen molar-refractivity contribution in [2.75, 3.05) is 13.7 Å². The number of nitrogens with one attached hydrogen (secondary N) is 1. The van der Waals surface area contributed by atoms with Crippen LogP contribution in [-0.2, 0) is 0 Å². The summed E-state index contributed by atoms with van der Waals surface area (Å²) in [6.07, 6.45) is 8.54. The molecule has 1 aromatic heterocycles. The van der Waals surface area contributed by atoms with E-state index in [2.05, 4.69) is 29.1 Å². The Balaban J connectivity index is 2.14. The summed E-state index contributed by atoms with van der Waals surface area (Å²) >= 11 is 0.